The summed E-state index contributed by atoms with van der Waals surface area (Å²) in [5, 5.41) is 0. The van der Waals surface area contributed by atoms with Gasteiger partial charge in [-0.2, -0.15) is 0 Å². The molecule has 134 valence electrons. The van der Waals surface area contributed by atoms with Gasteiger partial charge in [0.25, 0.3) is 0 Å². The van der Waals surface area contributed by atoms with E-state index in [0.717, 1.165) is 6.42 Å². The van der Waals surface area contributed by atoms with E-state index in [-0.39, 0.29) is 48.5 Å². The van der Waals surface area contributed by atoms with Crippen LogP contribution in [0.25, 0.3) is 0 Å². The van der Waals surface area contributed by atoms with Crippen molar-refractivity contribution in [3.05, 3.63) is 42.5 Å². The first-order valence-electron chi connectivity index (χ1n) is 9.71. The Balaban J connectivity index is 1.16. The fourth-order valence-electron chi connectivity index (χ4n) is 6.79. The minimum atomic E-state index is -0.182. The van der Waals surface area contributed by atoms with E-state index < -0.39 is 0 Å². The van der Waals surface area contributed by atoms with Gasteiger partial charge >= 0.3 is 5.97 Å². The summed E-state index contributed by atoms with van der Waals surface area (Å²) in [5.41, 5.74) is 0. The van der Waals surface area contributed by atoms with Gasteiger partial charge in [-0.05, 0) is 18.6 Å². The zero-order valence-electron chi connectivity index (χ0n) is 14.1. The van der Waals surface area contributed by atoms with Gasteiger partial charge in [-0.15, -0.1) is 0 Å². The van der Waals surface area contributed by atoms with Gasteiger partial charge in [0.1, 0.15) is 5.75 Å². The Bertz CT molecular complexity index is 806. The van der Waals surface area contributed by atoms with Crippen LogP contribution >= 0.6 is 0 Å². The van der Waals surface area contributed by atoms with E-state index >= 15 is 0 Å². The van der Waals surface area contributed by atoms with Crippen LogP contribution < -0.4 is 4.74 Å². The molecule has 6 heterocycles. The molecule has 26 heavy (non-hydrogen) atoms. The summed E-state index contributed by atoms with van der Waals surface area (Å²) in [6.45, 7) is 0. The Morgan fingerprint density at radius 2 is 1.58 bits per heavy atom. The molecule has 5 heteroatoms. The van der Waals surface area contributed by atoms with Gasteiger partial charge in [-0.25, -0.2) is 0 Å². The van der Waals surface area contributed by atoms with E-state index in [1.807, 2.05) is 30.3 Å². The van der Waals surface area contributed by atoms with Gasteiger partial charge in [-0.1, -0.05) is 30.4 Å². The molecule has 6 aliphatic heterocycles. The van der Waals surface area contributed by atoms with Crippen LogP contribution in [-0.2, 0) is 19.0 Å². The van der Waals surface area contributed by atoms with Gasteiger partial charge in [0.2, 0.25) is 0 Å². The molecule has 0 aliphatic carbocycles. The molecule has 0 saturated carbocycles. The third kappa shape index (κ3) is 1.61. The molecule has 0 aromatic heterocycles. The predicted molar refractivity (Wildman–Crippen MR) is 89.3 cm³/mol. The number of carbonyl (C=O) groups is 1. The van der Waals surface area contributed by atoms with E-state index in [1.165, 1.54) is 0 Å². The maximum atomic E-state index is 12.8. The Kier molecular flexibility index (Phi) is 2.64. The highest BCUT2D eigenvalue weighted by Gasteiger charge is 2.74. The highest BCUT2D eigenvalue weighted by molar-refractivity contribution is 5.76. The molecule has 6 bridgehead atoms. The van der Waals surface area contributed by atoms with Crippen molar-refractivity contribution < 1.29 is 23.7 Å². The van der Waals surface area contributed by atoms with Crippen LogP contribution in [0, 0.1) is 29.6 Å². The summed E-state index contributed by atoms with van der Waals surface area (Å²) in [5.74, 6) is 1.91. The van der Waals surface area contributed by atoms with Gasteiger partial charge < -0.3 is 18.9 Å². The van der Waals surface area contributed by atoms with E-state index in [0.29, 0.717) is 29.4 Å². The first-order chi connectivity index (χ1) is 12.8. The summed E-state index contributed by atoms with van der Waals surface area (Å²) in [7, 11) is 0. The number of carbonyl (C=O) groups excluding carboxylic acids is 1. The third-order valence-electron chi connectivity index (χ3n) is 7.57. The number of esters is 1. The smallest absolute Gasteiger partial charge is 0.317 e. The summed E-state index contributed by atoms with van der Waals surface area (Å²) in [4.78, 5) is 12.8. The molecule has 11 unspecified atom stereocenters. The lowest BCUT2D eigenvalue weighted by molar-refractivity contribution is -0.142. The Labute approximate surface area is 151 Å². The molecule has 5 fully saturated rings. The van der Waals surface area contributed by atoms with E-state index in [4.69, 9.17) is 18.9 Å². The zero-order chi connectivity index (χ0) is 17.0. The second-order valence-electron chi connectivity index (χ2n) is 8.54. The number of rotatable bonds is 2. The number of ether oxygens (including phenoxy) is 4. The number of hydrogen-bond acceptors (Lipinski definition) is 5. The zero-order valence-corrected chi connectivity index (χ0v) is 14.1. The largest absolute Gasteiger partial charge is 0.426 e. The standard InChI is InChI=1S/C21H20O5/c22-21(23-9-4-2-1-3-5-9)10-8-13-16-17(18(10)25-13)20-15-12-7-6-11(24-12)14(15)19(16)26-20/h1-7,10-20H,8H2. The fraction of sp³-hybridized carbons (Fsp3) is 0.571. The van der Waals surface area contributed by atoms with Crippen LogP contribution in [0.5, 0.6) is 5.75 Å². The minimum absolute atomic E-state index is 0.0692. The topological polar surface area (TPSA) is 54.0 Å². The van der Waals surface area contributed by atoms with Crippen LogP contribution in [-0.4, -0.2) is 42.6 Å². The number of fused-ring (bicyclic) bond motifs is 16. The van der Waals surface area contributed by atoms with Crippen molar-refractivity contribution in [1.82, 2.24) is 0 Å². The van der Waals surface area contributed by atoms with Crippen LogP contribution in [0.15, 0.2) is 42.5 Å². The summed E-state index contributed by atoms with van der Waals surface area (Å²) in [6, 6.07) is 9.31. The maximum absolute atomic E-state index is 12.8. The van der Waals surface area contributed by atoms with Gasteiger partial charge in [-0.3, -0.25) is 4.79 Å². The highest BCUT2D eigenvalue weighted by atomic mass is 16.6. The van der Waals surface area contributed by atoms with Crippen LogP contribution in [0.2, 0.25) is 0 Å². The van der Waals surface area contributed by atoms with Crippen LogP contribution in [0.1, 0.15) is 6.42 Å². The first kappa shape index (κ1) is 14.4. The van der Waals surface area contributed by atoms with E-state index in [9.17, 15) is 4.79 Å². The summed E-state index contributed by atoms with van der Waals surface area (Å²) in [6.07, 6.45) is 6.02. The van der Waals surface area contributed by atoms with Gasteiger partial charge in [0.15, 0.2) is 0 Å². The van der Waals surface area contributed by atoms with Gasteiger partial charge in [0, 0.05) is 23.7 Å². The van der Waals surface area contributed by atoms with Crippen LogP contribution in [0.4, 0.5) is 0 Å². The second kappa shape index (κ2) is 4.77. The van der Waals surface area contributed by atoms with E-state index in [2.05, 4.69) is 12.2 Å². The molecule has 1 aromatic rings. The molecular weight excluding hydrogens is 332 g/mol. The van der Waals surface area contributed by atoms with Crippen molar-refractivity contribution in [2.75, 3.05) is 0 Å². The number of para-hydroxylation sites is 1. The summed E-state index contributed by atoms with van der Waals surface area (Å²) < 4.78 is 24.5. The van der Waals surface area contributed by atoms with Crippen molar-refractivity contribution in [2.24, 2.45) is 29.6 Å². The average molecular weight is 352 g/mol. The maximum Gasteiger partial charge on any atom is 0.317 e. The number of benzene rings is 1. The molecule has 5 saturated heterocycles. The van der Waals surface area contributed by atoms with Crippen LogP contribution in [0.3, 0.4) is 0 Å². The molecule has 0 N–H and O–H groups in total. The lowest BCUT2D eigenvalue weighted by Crippen LogP contribution is -2.50. The quantitative estimate of drug-likeness (QED) is 0.463. The molecule has 6 aliphatic rings. The van der Waals surface area contributed by atoms with Gasteiger partial charge in [0.05, 0.1) is 42.5 Å². The predicted octanol–water partition coefficient (Wildman–Crippen LogP) is 1.96. The van der Waals surface area contributed by atoms with Crippen molar-refractivity contribution in [2.45, 2.75) is 43.0 Å². The molecule has 0 radical (unpaired) electrons. The molecule has 11 atom stereocenters. The molecule has 5 nitrogen and oxygen atoms in total. The summed E-state index contributed by atoms with van der Waals surface area (Å²) >= 11 is 0. The van der Waals surface area contributed by atoms with Crippen molar-refractivity contribution >= 4 is 5.97 Å². The Morgan fingerprint density at radius 1 is 0.846 bits per heavy atom. The lowest BCUT2D eigenvalue weighted by Gasteiger charge is -2.38. The Morgan fingerprint density at radius 3 is 2.35 bits per heavy atom. The molecule has 0 spiro atoms. The average Bonchev–Trinajstić information content (AvgIpc) is 3.48. The van der Waals surface area contributed by atoms with Crippen molar-refractivity contribution in [3.8, 4) is 5.75 Å². The molecule has 0 amide bonds. The normalized spacial score (nSPS) is 53.9. The Hall–Kier alpha value is -1.69. The molecule has 1 aromatic carbocycles. The number of hydrogen-bond donors (Lipinski definition) is 0. The highest BCUT2D eigenvalue weighted by Crippen LogP contribution is 2.65. The third-order valence-corrected chi connectivity index (χ3v) is 7.57. The monoisotopic (exact) mass is 352 g/mol. The second-order valence-corrected chi connectivity index (χ2v) is 8.54. The van der Waals surface area contributed by atoms with Crippen molar-refractivity contribution in [3.63, 3.8) is 0 Å². The first-order valence-corrected chi connectivity index (χ1v) is 9.71. The molecule has 7 rings (SSSR count). The van der Waals surface area contributed by atoms with E-state index in [1.54, 1.807) is 0 Å². The molecular formula is C21H20O5. The fourth-order valence-corrected chi connectivity index (χ4v) is 6.79. The SMILES string of the molecule is O=C(Oc1ccccc1)C1CC2OC1C1C3OC(C4C5C=CC(O5)C34)C21. The lowest BCUT2D eigenvalue weighted by atomic mass is 9.59. The van der Waals surface area contributed by atoms with Crippen molar-refractivity contribution in [1.29, 1.82) is 0 Å². The minimum Gasteiger partial charge on any atom is -0.426 e.